The molecule has 29 heavy (non-hydrogen) atoms. The third-order valence-electron chi connectivity index (χ3n) is 4.23. The van der Waals surface area contributed by atoms with E-state index in [2.05, 4.69) is 5.32 Å². The summed E-state index contributed by atoms with van der Waals surface area (Å²) in [6.07, 6.45) is 2.62. The van der Waals surface area contributed by atoms with Crippen LogP contribution in [-0.4, -0.2) is 58.3 Å². The molecule has 1 aliphatic heterocycles. The Balaban J connectivity index is 1.96. The third-order valence-corrected chi connectivity index (χ3v) is 4.23. The number of ether oxygens (including phenoxy) is 1. The number of carbonyl (C=O) groups excluding carboxylic acids is 4. The van der Waals surface area contributed by atoms with Crippen LogP contribution in [0, 0.1) is 0 Å². The van der Waals surface area contributed by atoms with Gasteiger partial charge in [0, 0.05) is 37.9 Å². The summed E-state index contributed by atoms with van der Waals surface area (Å²) in [5, 5.41) is 2.25. The lowest BCUT2D eigenvalue weighted by Gasteiger charge is -2.26. The highest BCUT2D eigenvalue weighted by atomic mass is 16.6. The van der Waals surface area contributed by atoms with Crippen molar-refractivity contribution in [3.05, 3.63) is 48.2 Å². The number of imide groups is 1. The normalized spacial score (nSPS) is 16.6. The van der Waals surface area contributed by atoms with E-state index in [0.717, 1.165) is 6.08 Å². The molecule has 0 bridgehead atoms. The van der Waals surface area contributed by atoms with Gasteiger partial charge >= 0.3 is 6.09 Å². The van der Waals surface area contributed by atoms with E-state index in [9.17, 15) is 19.2 Å². The van der Waals surface area contributed by atoms with E-state index in [1.165, 1.54) is 18.0 Å². The first-order valence-electron chi connectivity index (χ1n) is 9.42. The maximum atomic E-state index is 12.2. The molecule has 1 atom stereocenters. The molecule has 1 aromatic carbocycles. The molecule has 4 amide bonds. The molecule has 1 aromatic rings. The van der Waals surface area contributed by atoms with Gasteiger partial charge in [-0.15, -0.1) is 0 Å². The van der Waals surface area contributed by atoms with Gasteiger partial charge in [-0.05, 0) is 39.3 Å². The first-order valence-corrected chi connectivity index (χ1v) is 9.42. The molecule has 1 saturated heterocycles. The van der Waals surface area contributed by atoms with E-state index in [0.29, 0.717) is 25.1 Å². The van der Waals surface area contributed by atoms with Gasteiger partial charge in [-0.25, -0.2) is 4.79 Å². The smallest absolute Gasteiger partial charge is 0.410 e. The summed E-state index contributed by atoms with van der Waals surface area (Å²) in [6.45, 7) is 7.52. The summed E-state index contributed by atoms with van der Waals surface area (Å²) in [5.74, 6) is -1.42. The largest absolute Gasteiger partial charge is 0.444 e. The van der Waals surface area contributed by atoms with Crippen LogP contribution in [0.15, 0.2) is 42.6 Å². The van der Waals surface area contributed by atoms with Crippen LogP contribution in [-0.2, 0) is 14.3 Å². The number of benzene rings is 1. The minimum absolute atomic E-state index is 0.264. The summed E-state index contributed by atoms with van der Waals surface area (Å²) >= 11 is 0. The lowest BCUT2D eigenvalue weighted by atomic mass is 10.2. The Labute approximate surface area is 170 Å². The highest BCUT2D eigenvalue weighted by Crippen LogP contribution is 2.19. The second-order valence-corrected chi connectivity index (χ2v) is 7.80. The van der Waals surface area contributed by atoms with E-state index in [1.54, 1.807) is 56.0 Å². The van der Waals surface area contributed by atoms with Crippen LogP contribution in [0.5, 0.6) is 0 Å². The monoisotopic (exact) mass is 401 g/mol. The van der Waals surface area contributed by atoms with E-state index < -0.39 is 23.5 Å². The zero-order chi connectivity index (χ0) is 21.6. The summed E-state index contributed by atoms with van der Waals surface area (Å²) in [5.41, 5.74) is -0.236. The first kappa shape index (κ1) is 22.1. The molecule has 0 saturated carbocycles. The lowest BCUT2D eigenvalue weighted by Crippen LogP contribution is -2.40. The second-order valence-electron chi connectivity index (χ2n) is 7.80. The van der Waals surface area contributed by atoms with Gasteiger partial charge in [0.05, 0.1) is 6.04 Å². The molecular formula is C21H27N3O5. The number of carbonyl (C=O) groups is 4. The van der Waals surface area contributed by atoms with Crippen molar-refractivity contribution in [2.24, 2.45) is 0 Å². The third kappa shape index (κ3) is 6.74. The molecule has 0 spiro atoms. The fraction of sp³-hybridized carbons (Fsp3) is 0.429. The minimum atomic E-state index is -0.632. The number of nitrogens with one attached hydrogen (secondary N) is 1. The molecule has 1 N–H and O–H groups in total. The molecule has 2 rings (SSSR count). The molecule has 1 aliphatic rings. The van der Waals surface area contributed by atoms with Crippen molar-refractivity contribution in [2.45, 2.75) is 45.8 Å². The standard InChI is InChI=1S/C21H27N3O5/c1-15(25)24(17-10-12-23(14-17)20(28)29-21(2,3)4)13-11-18(26)22-19(27)16-8-6-5-7-9-16/h5-9,11,13,17H,10,12,14H2,1-4H3,(H,22,26,27)/b13-11-. The number of hydrogen-bond acceptors (Lipinski definition) is 5. The van der Waals surface area contributed by atoms with Gasteiger partial charge in [0.25, 0.3) is 11.8 Å². The Bertz CT molecular complexity index is 798. The predicted molar refractivity (Wildman–Crippen MR) is 107 cm³/mol. The van der Waals surface area contributed by atoms with Crippen LogP contribution in [0.4, 0.5) is 4.79 Å². The maximum Gasteiger partial charge on any atom is 0.410 e. The molecule has 0 aromatic heterocycles. The number of nitrogens with zero attached hydrogens (tertiary/aromatic N) is 2. The van der Waals surface area contributed by atoms with Crippen LogP contribution < -0.4 is 5.32 Å². The van der Waals surface area contributed by atoms with Crippen molar-refractivity contribution in [3.8, 4) is 0 Å². The Hall–Kier alpha value is -3.16. The van der Waals surface area contributed by atoms with Crippen molar-refractivity contribution in [1.29, 1.82) is 0 Å². The van der Waals surface area contributed by atoms with Gasteiger partial charge in [-0.3, -0.25) is 19.7 Å². The van der Waals surface area contributed by atoms with Crippen molar-refractivity contribution in [2.75, 3.05) is 13.1 Å². The van der Waals surface area contributed by atoms with Crippen LogP contribution in [0.1, 0.15) is 44.5 Å². The summed E-state index contributed by atoms with van der Waals surface area (Å²) in [4.78, 5) is 51.2. The number of likely N-dealkylation sites (tertiary alicyclic amines) is 1. The van der Waals surface area contributed by atoms with Gasteiger partial charge < -0.3 is 14.5 Å². The summed E-state index contributed by atoms with van der Waals surface area (Å²) < 4.78 is 5.36. The van der Waals surface area contributed by atoms with Crippen LogP contribution in [0.25, 0.3) is 0 Å². The van der Waals surface area contributed by atoms with Gasteiger partial charge in [0.15, 0.2) is 0 Å². The summed E-state index contributed by atoms with van der Waals surface area (Å²) in [7, 11) is 0. The first-order chi connectivity index (χ1) is 13.6. The molecule has 1 fully saturated rings. The fourth-order valence-corrected chi connectivity index (χ4v) is 2.91. The van der Waals surface area contributed by atoms with Crippen molar-refractivity contribution in [3.63, 3.8) is 0 Å². The SMILES string of the molecule is CC(=O)N(/C=C\C(=O)NC(=O)c1ccccc1)C1CCN(C(=O)OC(C)(C)C)C1. The molecule has 156 valence electrons. The molecule has 8 nitrogen and oxygen atoms in total. The second kappa shape index (κ2) is 9.36. The molecular weight excluding hydrogens is 374 g/mol. The van der Waals surface area contributed by atoms with Crippen LogP contribution >= 0.6 is 0 Å². The molecule has 0 radical (unpaired) electrons. The van der Waals surface area contributed by atoms with Crippen LogP contribution in [0.2, 0.25) is 0 Å². The molecule has 1 unspecified atom stereocenters. The van der Waals surface area contributed by atoms with Crippen LogP contribution in [0.3, 0.4) is 0 Å². The van der Waals surface area contributed by atoms with Gasteiger partial charge in [-0.1, -0.05) is 18.2 Å². The molecule has 0 aliphatic carbocycles. The minimum Gasteiger partial charge on any atom is -0.444 e. The van der Waals surface area contributed by atoms with Crippen molar-refractivity contribution >= 4 is 23.8 Å². The quantitative estimate of drug-likeness (QED) is 0.781. The topological polar surface area (TPSA) is 96.0 Å². The van der Waals surface area contributed by atoms with Gasteiger partial charge in [0.1, 0.15) is 5.60 Å². The highest BCUT2D eigenvalue weighted by molar-refractivity contribution is 6.08. The maximum absolute atomic E-state index is 12.2. The van der Waals surface area contributed by atoms with E-state index in [4.69, 9.17) is 4.74 Å². The van der Waals surface area contributed by atoms with Crippen molar-refractivity contribution in [1.82, 2.24) is 15.1 Å². The molecule has 1 heterocycles. The Morgan fingerprint density at radius 2 is 1.83 bits per heavy atom. The zero-order valence-electron chi connectivity index (χ0n) is 17.2. The molecule has 8 heteroatoms. The highest BCUT2D eigenvalue weighted by Gasteiger charge is 2.33. The van der Waals surface area contributed by atoms with E-state index in [-0.39, 0.29) is 11.9 Å². The Morgan fingerprint density at radius 3 is 2.41 bits per heavy atom. The lowest BCUT2D eigenvalue weighted by molar-refractivity contribution is -0.128. The number of amides is 4. The average molecular weight is 401 g/mol. The summed E-state index contributed by atoms with van der Waals surface area (Å²) in [6, 6.07) is 8.09. The van der Waals surface area contributed by atoms with Gasteiger partial charge in [-0.2, -0.15) is 0 Å². The average Bonchev–Trinajstić information content (AvgIpc) is 3.11. The fourth-order valence-electron chi connectivity index (χ4n) is 2.91. The predicted octanol–water partition coefficient (Wildman–Crippen LogP) is 2.31. The van der Waals surface area contributed by atoms with E-state index in [1.807, 2.05) is 0 Å². The van der Waals surface area contributed by atoms with Crippen molar-refractivity contribution < 1.29 is 23.9 Å². The Kier molecular flexibility index (Phi) is 7.14. The van der Waals surface area contributed by atoms with E-state index >= 15 is 0 Å². The number of hydrogen-bond donors (Lipinski definition) is 1. The number of rotatable bonds is 4. The Morgan fingerprint density at radius 1 is 1.17 bits per heavy atom. The zero-order valence-corrected chi connectivity index (χ0v) is 17.2. The van der Waals surface area contributed by atoms with Gasteiger partial charge in [0.2, 0.25) is 5.91 Å².